The van der Waals surface area contributed by atoms with E-state index < -0.39 is 12.1 Å². The molecule has 1 atom stereocenters. The zero-order valence-electron chi connectivity index (χ0n) is 10.4. The Hall–Kier alpha value is -1.59. The molecule has 0 radical (unpaired) electrons. The van der Waals surface area contributed by atoms with Crippen LogP contribution in [0.4, 0.5) is 0 Å². The molecule has 1 saturated heterocycles. The average molecular weight is 284 g/mol. The third-order valence-corrected chi connectivity index (χ3v) is 3.30. The molecule has 0 bridgehead atoms. The molecule has 1 aliphatic rings. The molecule has 19 heavy (non-hydrogen) atoms. The minimum absolute atomic E-state index is 0.0401. The van der Waals surface area contributed by atoms with Crippen LogP contribution in [0, 0.1) is 6.92 Å². The predicted octanol–water partition coefficient (Wildman–Crippen LogP) is 1.57. The number of carboxylic acid groups (broad SMARTS) is 1. The van der Waals surface area contributed by atoms with Crippen LogP contribution >= 0.6 is 11.6 Å². The summed E-state index contributed by atoms with van der Waals surface area (Å²) in [5.41, 5.74) is 1.35. The number of nitrogens with zero attached hydrogens (tertiary/aromatic N) is 1. The molecule has 0 spiro atoms. The standard InChI is InChI=1S/C13H14ClNO4/c1-8-2-3-9(10(14)6-8)12(16)15-4-5-19-11(7-15)13(17)18/h2-3,6,11H,4-5,7H2,1H3,(H,17,18). The molecule has 0 aliphatic carbocycles. The van der Waals surface area contributed by atoms with Crippen molar-refractivity contribution >= 4 is 23.5 Å². The zero-order chi connectivity index (χ0) is 14.0. The number of carboxylic acids is 1. The molecule has 1 aliphatic heterocycles. The summed E-state index contributed by atoms with van der Waals surface area (Å²) in [4.78, 5) is 24.6. The van der Waals surface area contributed by atoms with E-state index in [1.54, 1.807) is 18.2 Å². The third-order valence-electron chi connectivity index (χ3n) is 2.98. The van der Waals surface area contributed by atoms with E-state index in [0.29, 0.717) is 17.1 Å². The van der Waals surface area contributed by atoms with Gasteiger partial charge in [-0.1, -0.05) is 17.7 Å². The number of hydrogen-bond donors (Lipinski definition) is 1. The van der Waals surface area contributed by atoms with Gasteiger partial charge in [0, 0.05) is 6.54 Å². The molecule has 0 aromatic heterocycles. The number of ether oxygens (including phenoxy) is 1. The highest BCUT2D eigenvalue weighted by molar-refractivity contribution is 6.33. The second kappa shape index (κ2) is 5.59. The van der Waals surface area contributed by atoms with Crippen molar-refractivity contribution < 1.29 is 19.4 Å². The second-order valence-corrected chi connectivity index (χ2v) is 4.84. The summed E-state index contributed by atoms with van der Waals surface area (Å²) in [6.07, 6.45) is -0.970. The number of rotatable bonds is 2. The number of benzene rings is 1. The van der Waals surface area contributed by atoms with Crippen LogP contribution in [0.25, 0.3) is 0 Å². The van der Waals surface area contributed by atoms with E-state index in [0.717, 1.165) is 5.56 Å². The maximum atomic E-state index is 12.3. The summed E-state index contributed by atoms with van der Waals surface area (Å²) in [5, 5.41) is 9.29. The molecule has 6 heteroatoms. The lowest BCUT2D eigenvalue weighted by Gasteiger charge is -2.31. The van der Waals surface area contributed by atoms with Gasteiger partial charge in [0.15, 0.2) is 6.10 Å². The normalized spacial score (nSPS) is 19.3. The van der Waals surface area contributed by atoms with Gasteiger partial charge >= 0.3 is 5.97 Å². The molecule has 1 aromatic rings. The van der Waals surface area contributed by atoms with Gasteiger partial charge in [0.25, 0.3) is 5.91 Å². The number of hydrogen-bond acceptors (Lipinski definition) is 3. The first-order valence-electron chi connectivity index (χ1n) is 5.89. The van der Waals surface area contributed by atoms with E-state index in [-0.39, 0.29) is 19.1 Å². The number of halogens is 1. The topological polar surface area (TPSA) is 66.8 Å². The van der Waals surface area contributed by atoms with Crippen molar-refractivity contribution in [2.45, 2.75) is 13.0 Å². The van der Waals surface area contributed by atoms with Crippen LogP contribution in [0.5, 0.6) is 0 Å². The molecule has 1 N–H and O–H groups in total. The highest BCUT2D eigenvalue weighted by atomic mass is 35.5. The Morgan fingerprint density at radius 3 is 2.84 bits per heavy atom. The SMILES string of the molecule is Cc1ccc(C(=O)N2CCOC(C(=O)O)C2)c(Cl)c1. The molecule has 2 rings (SSSR count). The summed E-state index contributed by atoms with van der Waals surface area (Å²) in [6, 6.07) is 5.17. The van der Waals surface area contributed by atoms with E-state index in [1.807, 2.05) is 6.92 Å². The molecule has 102 valence electrons. The molecular weight excluding hydrogens is 270 g/mol. The first-order valence-corrected chi connectivity index (χ1v) is 6.26. The third kappa shape index (κ3) is 3.05. The van der Waals surface area contributed by atoms with Gasteiger partial charge in [0.1, 0.15) is 0 Å². The fraction of sp³-hybridized carbons (Fsp3) is 0.385. The van der Waals surface area contributed by atoms with Crippen LogP contribution in [0.3, 0.4) is 0 Å². The molecule has 1 fully saturated rings. The molecule has 5 nitrogen and oxygen atoms in total. The van der Waals surface area contributed by atoms with E-state index >= 15 is 0 Å². The van der Waals surface area contributed by atoms with Gasteiger partial charge in [0.05, 0.1) is 23.7 Å². The van der Waals surface area contributed by atoms with E-state index in [4.69, 9.17) is 21.4 Å². The van der Waals surface area contributed by atoms with Crippen LogP contribution in [0.1, 0.15) is 15.9 Å². The van der Waals surface area contributed by atoms with Crippen molar-refractivity contribution in [1.82, 2.24) is 4.90 Å². The van der Waals surface area contributed by atoms with Crippen LogP contribution in [-0.4, -0.2) is 47.7 Å². The summed E-state index contributed by atoms with van der Waals surface area (Å²) in [7, 11) is 0. The quantitative estimate of drug-likeness (QED) is 0.895. The number of morpholine rings is 1. The second-order valence-electron chi connectivity index (χ2n) is 4.43. The number of carbonyl (C=O) groups excluding carboxylic acids is 1. The van der Waals surface area contributed by atoms with Crippen LogP contribution in [0.2, 0.25) is 5.02 Å². The summed E-state index contributed by atoms with van der Waals surface area (Å²) >= 11 is 6.05. The summed E-state index contributed by atoms with van der Waals surface area (Å²) < 4.78 is 5.08. The number of carbonyl (C=O) groups is 2. The van der Waals surface area contributed by atoms with Gasteiger partial charge < -0.3 is 14.7 Å². The lowest BCUT2D eigenvalue weighted by atomic mass is 10.1. The minimum atomic E-state index is -1.06. The smallest absolute Gasteiger partial charge is 0.334 e. The van der Waals surface area contributed by atoms with Crippen molar-refractivity contribution in [2.24, 2.45) is 0 Å². The van der Waals surface area contributed by atoms with Gasteiger partial charge in [-0.15, -0.1) is 0 Å². The number of aliphatic carboxylic acids is 1. The predicted molar refractivity (Wildman–Crippen MR) is 69.5 cm³/mol. The van der Waals surface area contributed by atoms with Gasteiger partial charge in [-0.25, -0.2) is 4.79 Å². The molecule has 1 amide bonds. The Kier molecular flexibility index (Phi) is 4.07. The Balaban J connectivity index is 2.17. The molecule has 0 saturated carbocycles. The zero-order valence-corrected chi connectivity index (χ0v) is 11.2. The first kappa shape index (κ1) is 13.8. The van der Waals surface area contributed by atoms with Crippen LogP contribution in [-0.2, 0) is 9.53 Å². The molecule has 1 heterocycles. The lowest BCUT2D eigenvalue weighted by Crippen LogP contribution is -2.48. The fourth-order valence-electron chi connectivity index (χ4n) is 1.95. The number of amides is 1. The van der Waals surface area contributed by atoms with Gasteiger partial charge in [-0.3, -0.25) is 4.79 Å². The van der Waals surface area contributed by atoms with Crippen molar-refractivity contribution in [2.75, 3.05) is 19.7 Å². The van der Waals surface area contributed by atoms with Gasteiger partial charge in [0.2, 0.25) is 0 Å². The Morgan fingerprint density at radius 1 is 1.47 bits per heavy atom. The van der Waals surface area contributed by atoms with Crippen LogP contribution in [0.15, 0.2) is 18.2 Å². The number of aryl methyl sites for hydroxylation is 1. The monoisotopic (exact) mass is 283 g/mol. The summed E-state index contributed by atoms with van der Waals surface area (Å²) in [6.45, 7) is 2.51. The fourth-order valence-corrected chi connectivity index (χ4v) is 2.26. The molecule has 1 aromatic carbocycles. The largest absolute Gasteiger partial charge is 0.479 e. The first-order chi connectivity index (χ1) is 8.99. The van der Waals surface area contributed by atoms with Gasteiger partial charge in [-0.2, -0.15) is 0 Å². The van der Waals surface area contributed by atoms with Crippen molar-refractivity contribution in [3.8, 4) is 0 Å². The average Bonchev–Trinajstić information content (AvgIpc) is 2.38. The van der Waals surface area contributed by atoms with E-state index in [2.05, 4.69) is 0 Å². The van der Waals surface area contributed by atoms with E-state index in [9.17, 15) is 9.59 Å². The molecule has 1 unspecified atom stereocenters. The Bertz CT molecular complexity index is 517. The Morgan fingerprint density at radius 2 is 2.21 bits per heavy atom. The minimum Gasteiger partial charge on any atom is -0.479 e. The highest BCUT2D eigenvalue weighted by Crippen LogP contribution is 2.20. The molecular formula is C13H14ClNO4. The van der Waals surface area contributed by atoms with Crippen molar-refractivity contribution in [3.05, 3.63) is 34.3 Å². The summed E-state index contributed by atoms with van der Waals surface area (Å²) in [5.74, 6) is -1.33. The highest BCUT2D eigenvalue weighted by Gasteiger charge is 2.30. The lowest BCUT2D eigenvalue weighted by molar-refractivity contribution is -0.154. The van der Waals surface area contributed by atoms with Gasteiger partial charge in [-0.05, 0) is 24.6 Å². The van der Waals surface area contributed by atoms with Crippen molar-refractivity contribution in [1.29, 1.82) is 0 Å². The van der Waals surface area contributed by atoms with E-state index in [1.165, 1.54) is 4.90 Å². The van der Waals surface area contributed by atoms with Crippen LogP contribution < -0.4 is 0 Å². The maximum Gasteiger partial charge on any atom is 0.334 e. The maximum absolute atomic E-state index is 12.3. The Labute approximate surface area is 115 Å². The van der Waals surface area contributed by atoms with Crippen molar-refractivity contribution in [3.63, 3.8) is 0 Å².